The van der Waals surface area contributed by atoms with E-state index in [2.05, 4.69) is 4.74 Å². The van der Waals surface area contributed by atoms with Gasteiger partial charge in [-0.3, -0.25) is 0 Å². The van der Waals surface area contributed by atoms with Crippen molar-refractivity contribution >= 4 is 6.16 Å². The summed E-state index contributed by atoms with van der Waals surface area (Å²) in [5.41, 5.74) is 0. The first-order valence-corrected chi connectivity index (χ1v) is 4.93. The molecule has 0 bridgehead atoms. The first kappa shape index (κ1) is 12.2. The Morgan fingerprint density at radius 2 is 2.13 bits per heavy atom. The van der Waals surface area contributed by atoms with Crippen molar-refractivity contribution in [2.24, 2.45) is 0 Å². The highest BCUT2D eigenvalue weighted by atomic mass is 16.7. The Bertz CT molecular complexity index is 197. The summed E-state index contributed by atoms with van der Waals surface area (Å²) in [6, 6.07) is 0. The van der Waals surface area contributed by atoms with Crippen molar-refractivity contribution in [2.45, 2.75) is 38.3 Å². The molecule has 1 heterocycles. The SMILES string of the molecule is CCOC(=O)OC[C@@H]1C[C@H](O)CC(O)O1. The van der Waals surface area contributed by atoms with Gasteiger partial charge in [-0.05, 0) is 6.92 Å². The summed E-state index contributed by atoms with van der Waals surface area (Å²) in [6.07, 6.45) is -2.33. The third-order valence-electron chi connectivity index (χ3n) is 2.01. The topological polar surface area (TPSA) is 85.2 Å². The van der Waals surface area contributed by atoms with Crippen LogP contribution in [0.5, 0.6) is 0 Å². The number of hydrogen-bond donors (Lipinski definition) is 2. The molecule has 1 aliphatic rings. The minimum Gasteiger partial charge on any atom is -0.435 e. The molecule has 88 valence electrons. The number of aliphatic hydroxyl groups excluding tert-OH is 2. The number of carbonyl (C=O) groups excluding carboxylic acids is 1. The lowest BCUT2D eigenvalue weighted by Crippen LogP contribution is -2.38. The van der Waals surface area contributed by atoms with Crippen LogP contribution < -0.4 is 0 Å². The summed E-state index contributed by atoms with van der Waals surface area (Å²) in [6.45, 7) is 1.90. The molecule has 0 spiro atoms. The van der Waals surface area contributed by atoms with Crippen molar-refractivity contribution in [1.82, 2.24) is 0 Å². The van der Waals surface area contributed by atoms with Gasteiger partial charge in [0.05, 0.1) is 18.8 Å². The second-order valence-electron chi connectivity index (χ2n) is 3.33. The Kier molecular flexibility index (Phi) is 4.80. The first-order chi connectivity index (χ1) is 7.11. The van der Waals surface area contributed by atoms with Crippen LogP contribution in [-0.4, -0.2) is 48.1 Å². The van der Waals surface area contributed by atoms with Crippen LogP contribution >= 0.6 is 0 Å². The van der Waals surface area contributed by atoms with Gasteiger partial charge in [-0.1, -0.05) is 0 Å². The number of ether oxygens (including phenoxy) is 3. The van der Waals surface area contributed by atoms with E-state index in [4.69, 9.17) is 14.6 Å². The molecular weight excluding hydrogens is 204 g/mol. The molecule has 3 atom stereocenters. The summed E-state index contributed by atoms with van der Waals surface area (Å²) < 4.78 is 14.3. The molecule has 1 unspecified atom stereocenters. The van der Waals surface area contributed by atoms with Crippen molar-refractivity contribution in [3.05, 3.63) is 0 Å². The van der Waals surface area contributed by atoms with Crippen LogP contribution in [0.4, 0.5) is 4.79 Å². The number of aliphatic hydroxyl groups is 2. The van der Waals surface area contributed by atoms with E-state index in [9.17, 15) is 9.90 Å². The minimum absolute atomic E-state index is 0.0209. The molecule has 0 aromatic heterocycles. The van der Waals surface area contributed by atoms with E-state index in [1.807, 2.05) is 0 Å². The van der Waals surface area contributed by atoms with Gasteiger partial charge in [-0.25, -0.2) is 4.79 Å². The van der Waals surface area contributed by atoms with Gasteiger partial charge in [-0.15, -0.1) is 0 Å². The zero-order valence-corrected chi connectivity index (χ0v) is 8.59. The Labute approximate surface area is 87.7 Å². The zero-order valence-electron chi connectivity index (χ0n) is 8.59. The molecule has 15 heavy (non-hydrogen) atoms. The van der Waals surface area contributed by atoms with Crippen molar-refractivity contribution in [1.29, 1.82) is 0 Å². The summed E-state index contributed by atoms with van der Waals surface area (Å²) in [4.78, 5) is 10.8. The van der Waals surface area contributed by atoms with E-state index in [0.717, 1.165) is 0 Å². The minimum atomic E-state index is -0.996. The number of rotatable bonds is 3. The molecule has 0 amide bonds. The van der Waals surface area contributed by atoms with Crippen LogP contribution in [-0.2, 0) is 14.2 Å². The van der Waals surface area contributed by atoms with E-state index < -0.39 is 24.7 Å². The van der Waals surface area contributed by atoms with Gasteiger partial charge in [0.2, 0.25) is 0 Å². The molecule has 6 nitrogen and oxygen atoms in total. The average Bonchev–Trinajstić information content (AvgIpc) is 2.14. The average molecular weight is 220 g/mol. The molecule has 2 N–H and O–H groups in total. The maximum atomic E-state index is 10.8. The predicted molar refractivity (Wildman–Crippen MR) is 49.1 cm³/mol. The normalized spacial score (nSPS) is 31.0. The summed E-state index contributed by atoms with van der Waals surface area (Å²) in [5, 5.41) is 18.5. The van der Waals surface area contributed by atoms with E-state index in [0.29, 0.717) is 6.42 Å². The van der Waals surface area contributed by atoms with Crippen molar-refractivity contribution in [2.75, 3.05) is 13.2 Å². The largest absolute Gasteiger partial charge is 0.508 e. The highest BCUT2D eigenvalue weighted by Crippen LogP contribution is 2.18. The maximum Gasteiger partial charge on any atom is 0.508 e. The van der Waals surface area contributed by atoms with Crippen LogP contribution in [0.25, 0.3) is 0 Å². The maximum absolute atomic E-state index is 10.8. The Morgan fingerprint density at radius 3 is 2.73 bits per heavy atom. The molecule has 0 aliphatic carbocycles. The summed E-state index contributed by atoms with van der Waals surface area (Å²) in [5.74, 6) is 0. The number of hydrogen-bond acceptors (Lipinski definition) is 6. The fourth-order valence-corrected chi connectivity index (χ4v) is 1.39. The van der Waals surface area contributed by atoms with E-state index in [1.165, 1.54) is 0 Å². The lowest BCUT2D eigenvalue weighted by Gasteiger charge is -2.29. The van der Waals surface area contributed by atoms with Crippen molar-refractivity contribution in [3.63, 3.8) is 0 Å². The van der Waals surface area contributed by atoms with Crippen molar-refractivity contribution in [3.8, 4) is 0 Å². The second kappa shape index (κ2) is 5.89. The standard InChI is InChI=1S/C9H16O6/c1-2-13-9(12)14-5-7-3-6(10)4-8(11)15-7/h6-8,10-11H,2-5H2,1H3/t6-,7-,8?/m0/s1. The number of carbonyl (C=O) groups is 1. The summed E-state index contributed by atoms with van der Waals surface area (Å²) >= 11 is 0. The van der Waals surface area contributed by atoms with Crippen LogP contribution in [0.1, 0.15) is 19.8 Å². The Hall–Kier alpha value is -0.850. The van der Waals surface area contributed by atoms with Crippen LogP contribution in [0.15, 0.2) is 0 Å². The van der Waals surface area contributed by atoms with Crippen molar-refractivity contribution < 1.29 is 29.2 Å². The smallest absolute Gasteiger partial charge is 0.435 e. The Balaban J connectivity index is 2.23. The lowest BCUT2D eigenvalue weighted by molar-refractivity contribution is -0.198. The lowest BCUT2D eigenvalue weighted by atomic mass is 10.1. The first-order valence-electron chi connectivity index (χ1n) is 4.93. The molecular formula is C9H16O6. The molecule has 0 saturated carbocycles. The molecule has 0 radical (unpaired) electrons. The van der Waals surface area contributed by atoms with Gasteiger partial charge in [0.1, 0.15) is 6.61 Å². The fourth-order valence-electron chi connectivity index (χ4n) is 1.39. The highest BCUT2D eigenvalue weighted by Gasteiger charge is 2.27. The highest BCUT2D eigenvalue weighted by molar-refractivity contribution is 5.59. The molecule has 0 aromatic rings. The molecule has 0 aromatic carbocycles. The van der Waals surface area contributed by atoms with Crippen LogP contribution in [0.2, 0.25) is 0 Å². The quantitative estimate of drug-likeness (QED) is 0.652. The van der Waals surface area contributed by atoms with Gasteiger partial charge < -0.3 is 24.4 Å². The molecule has 1 saturated heterocycles. The van der Waals surface area contributed by atoms with Gasteiger partial charge in [-0.2, -0.15) is 0 Å². The van der Waals surface area contributed by atoms with Crippen LogP contribution in [0.3, 0.4) is 0 Å². The molecule has 1 fully saturated rings. The van der Waals surface area contributed by atoms with E-state index >= 15 is 0 Å². The fraction of sp³-hybridized carbons (Fsp3) is 0.889. The zero-order chi connectivity index (χ0) is 11.3. The van der Waals surface area contributed by atoms with Gasteiger partial charge in [0.25, 0.3) is 0 Å². The molecule has 1 rings (SSSR count). The predicted octanol–water partition coefficient (Wildman–Crippen LogP) is 0.0178. The second-order valence-corrected chi connectivity index (χ2v) is 3.33. The third kappa shape index (κ3) is 4.46. The summed E-state index contributed by atoms with van der Waals surface area (Å²) in [7, 11) is 0. The monoisotopic (exact) mass is 220 g/mol. The third-order valence-corrected chi connectivity index (χ3v) is 2.01. The van der Waals surface area contributed by atoms with Gasteiger partial charge in [0.15, 0.2) is 6.29 Å². The van der Waals surface area contributed by atoms with E-state index in [-0.39, 0.29) is 19.6 Å². The van der Waals surface area contributed by atoms with Gasteiger partial charge >= 0.3 is 6.16 Å². The van der Waals surface area contributed by atoms with Crippen LogP contribution in [0, 0.1) is 0 Å². The molecule has 1 aliphatic heterocycles. The van der Waals surface area contributed by atoms with Gasteiger partial charge in [0, 0.05) is 12.8 Å². The Morgan fingerprint density at radius 1 is 1.40 bits per heavy atom. The van der Waals surface area contributed by atoms with E-state index in [1.54, 1.807) is 6.92 Å². The molecule has 6 heteroatoms.